The molecule has 7 heteroatoms. The third kappa shape index (κ3) is 2.54. The van der Waals surface area contributed by atoms with Crippen LogP contribution in [0.25, 0.3) is 0 Å². The largest absolute Gasteiger partial charge is 0.479 e. The second kappa shape index (κ2) is 5.47. The molecule has 2 unspecified atom stereocenters. The average Bonchev–Trinajstić information content (AvgIpc) is 2.34. The molecule has 0 aromatic rings. The highest BCUT2D eigenvalue weighted by atomic mass is 32.2. The zero-order valence-corrected chi connectivity index (χ0v) is 12.3. The van der Waals surface area contributed by atoms with Crippen molar-refractivity contribution in [1.29, 1.82) is 0 Å². The standard InChI is InChI=1S/C13H18N2O4S/c1-6(2)4-8(16)14-9-11(17)15-10(13(18)19)7(3)5-20-12(9)15/h6,9-10,12H,3-5H2,1-2H3,(H,14,16)(H,18,19)/t9?,10?,12-/m1/s1. The first-order valence-electron chi connectivity index (χ1n) is 6.46. The van der Waals surface area contributed by atoms with Gasteiger partial charge in [0.1, 0.15) is 11.4 Å². The molecular weight excluding hydrogens is 280 g/mol. The Balaban J connectivity index is 2.04. The Bertz CT molecular complexity index is 477. The van der Waals surface area contributed by atoms with E-state index < -0.39 is 18.1 Å². The molecule has 110 valence electrons. The molecule has 2 aliphatic rings. The van der Waals surface area contributed by atoms with Gasteiger partial charge in [-0.3, -0.25) is 9.59 Å². The third-order valence-electron chi connectivity index (χ3n) is 3.33. The Morgan fingerprint density at radius 2 is 2.20 bits per heavy atom. The summed E-state index contributed by atoms with van der Waals surface area (Å²) < 4.78 is 0. The van der Waals surface area contributed by atoms with Crippen molar-refractivity contribution in [2.24, 2.45) is 5.92 Å². The van der Waals surface area contributed by atoms with E-state index in [1.165, 1.54) is 16.7 Å². The number of nitrogens with one attached hydrogen (secondary N) is 1. The van der Waals surface area contributed by atoms with Gasteiger partial charge in [0.25, 0.3) is 0 Å². The second-order valence-electron chi connectivity index (χ2n) is 5.49. The number of rotatable bonds is 4. The van der Waals surface area contributed by atoms with E-state index in [0.29, 0.717) is 17.7 Å². The molecule has 2 heterocycles. The van der Waals surface area contributed by atoms with Crippen molar-refractivity contribution < 1.29 is 19.5 Å². The molecule has 3 atom stereocenters. The smallest absolute Gasteiger partial charge is 0.330 e. The Hall–Kier alpha value is -1.50. The van der Waals surface area contributed by atoms with E-state index in [2.05, 4.69) is 11.9 Å². The normalized spacial score (nSPS) is 28.9. The van der Waals surface area contributed by atoms with Gasteiger partial charge in [-0.25, -0.2) is 4.79 Å². The van der Waals surface area contributed by atoms with Crippen LogP contribution in [-0.4, -0.2) is 51.0 Å². The van der Waals surface area contributed by atoms with Crippen LogP contribution in [0, 0.1) is 5.92 Å². The third-order valence-corrected chi connectivity index (χ3v) is 4.71. The molecule has 0 spiro atoms. The predicted molar refractivity (Wildman–Crippen MR) is 75.0 cm³/mol. The number of carboxylic acid groups (broad SMARTS) is 1. The summed E-state index contributed by atoms with van der Waals surface area (Å²) in [6.07, 6.45) is 0.357. The van der Waals surface area contributed by atoms with Crippen molar-refractivity contribution >= 4 is 29.5 Å². The van der Waals surface area contributed by atoms with Crippen LogP contribution in [0.3, 0.4) is 0 Å². The Morgan fingerprint density at radius 3 is 2.75 bits per heavy atom. The summed E-state index contributed by atoms with van der Waals surface area (Å²) in [6, 6.07) is -1.58. The minimum absolute atomic E-state index is 0.171. The van der Waals surface area contributed by atoms with Gasteiger partial charge in [-0.15, -0.1) is 11.8 Å². The molecule has 0 saturated carbocycles. The molecule has 6 nitrogen and oxygen atoms in total. The maximum atomic E-state index is 12.1. The number of hydrogen-bond donors (Lipinski definition) is 2. The van der Waals surface area contributed by atoms with Crippen LogP contribution in [0.1, 0.15) is 20.3 Å². The molecule has 20 heavy (non-hydrogen) atoms. The van der Waals surface area contributed by atoms with Gasteiger partial charge in [-0.2, -0.15) is 0 Å². The summed E-state index contributed by atoms with van der Waals surface area (Å²) in [7, 11) is 0. The molecule has 0 aromatic carbocycles. The fourth-order valence-corrected chi connectivity index (χ4v) is 3.74. The summed E-state index contributed by atoms with van der Waals surface area (Å²) in [5.41, 5.74) is 0.513. The van der Waals surface area contributed by atoms with Crippen molar-refractivity contribution in [1.82, 2.24) is 10.2 Å². The van der Waals surface area contributed by atoms with Gasteiger partial charge in [0.2, 0.25) is 11.8 Å². The van der Waals surface area contributed by atoms with Gasteiger partial charge in [0.05, 0.1) is 0 Å². The number of nitrogens with zero attached hydrogens (tertiary/aromatic N) is 1. The maximum absolute atomic E-state index is 12.1. The summed E-state index contributed by atoms with van der Waals surface area (Å²) in [5.74, 6) is -0.878. The first-order chi connectivity index (χ1) is 9.32. The molecule has 0 aliphatic carbocycles. The number of carboxylic acids is 1. The van der Waals surface area contributed by atoms with Crippen molar-refractivity contribution in [2.45, 2.75) is 37.7 Å². The van der Waals surface area contributed by atoms with Crippen molar-refractivity contribution in [3.63, 3.8) is 0 Å². The Kier molecular flexibility index (Phi) is 4.08. The SMILES string of the molecule is C=C1CS[C@@H]2C(NC(=O)CC(C)C)C(=O)N2C1C(=O)O. The molecule has 2 rings (SSSR count). The van der Waals surface area contributed by atoms with Crippen LogP contribution in [0.5, 0.6) is 0 Å². The number of fused-ring (bicyclic) bond motifs is 1. The van der Waals surface area contributed by atoms with E-state index in [0.717, 1.165) is 0 Å². The van der Waals surface area contributed by atoms with Crippen LogP contribution >= 0.6 is 11.8 Å². The molecule has 2 amide bonds. The van der Waals surface area contributed by atoms with Crippen LogP contribution in [-0.2, 0) is 14.4 Å². The predicted octanol–water partition coefficient (Wildman–Crippen LogP) is 0.442. The molecule has 2 N–H and O–H groups in total. The van der Waals surface area contributed by atoms with E-state index in [-0.39, 0.29) is 23.1 Å². The van der Waals surface area contributed by atoms with Crippen LogP contribution in [0.2, 0.25) is 0 Å². The number of carbonyl (C=O) groups excluding carboxylic acids is 2. The summed E-state index contributed by atoms with van der Waals surface area (Å²) in [5, 5.41) is 11.6. The molecular formula is C13H18N2O4S. The lowest BCUT2D eigenvalue weighted by Gasteiger charge is -2.52. The lowest BCUT2D eigenvalue weighted by molar-refractivity contribution is -0.160. The fourth-order valence-electron chi connectivity index (χ4n) is 2.43. The number of carbonyl (C=O) groups is 3. The van der Waals surface area contributed by atoms with Gasteiger partial charge in [-0.1, -0.05) is 20.4 Å². The molecule has 2 aliphatic heterocycles. The maximum Gasteiger partial charge on any atom is 0.330 e. The van der Waals surface area contributed by atoms with Crippen LogP contribution in [0.4, 0.5) is 0 Å². The second-order valence-corrected chi connectivity index (χ2v) is 6.59. The molecule has 0 aromatic heterocycles. The van der Waals surface area contributed by atoms with Crippen molar-refractivity contribution in [2.75, 3.05) is 5.75 Å². The van der Waals surface area contributed by atoms with Gasteiger partial charge in [-0.05, 0) is 11.5 Å². The number of amides is 2. The average molecular weight is 298 g/mol. The highest BCUT2D eigenvalue weighted by Crippen LogP contribution is 2.39. The first kappa shape index (κ1) is 14.9. The van der Waals surface area contributed by atoms with Gasteiger partial charge < -0.3 is 15.3 Å². The highest BCUT2D eigenvalue weighted by molar-refractivity contribution is 8.00. The van der Waals surface area contributed by atoms with Crippen LogP contribution < -0.4 is 5.32 Å². The quantitative estimate of drug-likeness (QED) is 0.581. The highest BCUT2D eigenvalue weighted by Gasteiger charge is 2.56. The van der Waals surface area contributed by atoms with Crippen molar-refractivity contribution in [3.05, 3.63) is 12.2 Å². The topological polar surface area (TPSA) is 86.7 Å². The van der Waals surface area contributed by atoms with E-state index in [9.17, 15) is 19.5 Å². The number of hydrogen-bond acceptors (Lipinski definition) is 4. The summed E-state index contributed by atoms with van der Waals surface area (Å²) >= 11 is 1.44. The Labute approximate surface area is 121 Å². The van der Waals surface area contributed by atoms with E-state index >= 15 is 0 Å². The lowest BCUT2D eigenvalue weighted by atomic mass is 9.98. The summed E-state index contributed by atoms with van der Waals surface area (Å²) in [4.78, 5) is 36.3. The molecule has 0 radical (unpaired) electrons. The first-order valence-corrected chi connectivity index (χ1v) is 7.51. The molecule has 2 saturated heterocycles. The number of β-lactam (4-membered cyclic amide) rings is 1. The lowest BCUT2D eigenvalue weighted by Crippen LogP contribution is -2.74. The van der Waals surface area contributed by atoms with Gasteiger partial charge in [0.15, 0.2) is 6.04 Å². The summed E-state index contributed by atoms with van der Waals surface area (Å²) in [6.45, 7) is 7.56. The molecule has 2 fully saturated rings. The van der Waals surface area contributed by atoms with Crippen LogP contribution in [0.15, 0.2) is 12.2 Å². The zero-order chi connectivity index (χ0) is 15.0. The Morgan fingerprint density at radius 1 is 1.55 bits per heavy atom. The number of aliphatic carboxylic acids is 1. The van der Waals surface area contributed by atoms with Crippen molar-refractivity contribution in [3.8, 4) is 0 Å². The fraction of sp³-hybridized carbons (Fsp3) is 0.615. The molecule has 0 bridgehead atoms. The van der Waals surface area contributed by atoms with E-state index in [1.54, 1.807) is 0 Å². The van der Waals surface area contributed by atoms with Gasteiger partial charge >= 0.3 is 5.97 Å². The van der Waals surface area contributed by atoms with Gasteiger partial charge in [0, 0.05) is 12.2 Å². The number of thioether (sulfide) groups is 1. The minimum Gasteiger partial charge on any atom is -0.479 e. The minimum atomic E-state index is -1.07. The monoisotopic (exact) mass is 298 g/mol. The zero-order valence-electron chi connectivity index (χ0n) is 11.5. The van der Waals surface area contributed by atoms with E-state index in [4.69, 9.17) is 0 Å². The van der Waals surface area contributed by atoms with E-state index in [1.807, 2.05) is 13.8 Å².